The highest BCUT2D eigenvalue weighted by Crippen LogP contribution is 2.25. The SMILES string of the molecule is CC(=O)Oc1cc(-c2ccccn2)ns1. The number of pyridine rings is 1. The van der Waals surface area contributed by atoms with Gasteiger partial charge in [-0.05, 0) is 12.1 Å². The summed E-state index contributed by atoms with van der Waals surface area (Å²) in [6, 6.07) is 7.27. The smallest absolute Gasteiger partial charge is 0.308 e. The molecule has 0 saturated carbocycles. The largest absolute Gasteiger partial charge is 0.414 e. The molecule has 0 spiro atoms. The summed E-state index contributed by atoms with van der Waals surface area (Å²) in [7, 11) is 0. The Labute approximate surface area is 90.7 Å². The molecule has 0 bridgehead atoms. The van der Waals surface area contributed by atoms with Crippen molar-refractivity contribution in [2.45, 2.75) is 6.92 Å². The van der Waals surface area contributed by atoms with E-state index < -0.39 is 0 Å². The highest BCUT2D eigenvalue weighted by atomic mass is 32.1. The second kappa shape index (κ2) is 4.18. The Balaban J connectivity index is 2.24. The minimum atomic E-state index is -0.341. The maximum atomic E-state index is 10.7. The molecule has 0 unspecified atom stereocenters. The van der Waals surface area contributed by atoms with Gasteiger partial charge in [-0.3, -0.25) is 9.78 Å². The minimum absolute atomic E-state index is 0.341. The van der Waals surface area contributed by atoms with Gasteiger partial charge in [-0.1, -0.05) is 6.07 Å². The van der Waals surface area contributed by atoms with Gasteiger partial charge in [0.15, 0.2) is 0 Å². The first-order chi connectivity index (χ1) is 7.25. The Hall–Kier alpha value is -1.75. The number of rotatable bonds is 2. The van der Waals surface area contributed by atoms with Crippen LogP contribution in [0.3, 0.4) is 0 Å². The fourth-order valence-electron chi connectivity index (χ4n) is 1.08. The molecule has 0 aliphatic rings. The first-order valence-corrected chi connectivity index (χ1v) is 5.09. The third-order valence-electron chi connectivity index (χ3n) is 1.66. The van der Waals surface area contributed by atoms with E-state index in [0.717, 1.165) is 22.9 Å². The van der Waals surface area contributed by atoms with E-state index in [1.165, 1.54) is 6.92 Å². The van der Waals surface area contributed by atoms with Gasteiger partial charge in [0.25, 0.3) is 0 Å². The van der Waals surface area contributed by atoms with Crippen LogP contribution in [0, 0.1) is 0 Å². The molecule has 2 aromatic rings. The third-order valence-corrected chi connectivity index (χ3v) is 2.33. The molecule has 2 heterocycles. The van der Waals surface area contributed by atoms with Crippen molar-refractivity contribution in [3.8, 4) is 16.5 Å². The Morgan fingerprint density at radius 1 is 1.40 bits per heavy atom. The number of esters is 1. The van der Waals surface area contributed by atoms with Crippen LogP contribution in [0.1, 0.15) is 6.92 Å². The van der Waals surface area contributed by atoms with E-state index in [4.69, 9.17) is 4.74 Å². The zero-order valence-corrected chi connectivity index (χ0v) is 8.82. The number of ether oxygens (including phenoxy) is 1. The fourth-order valence-corrected chi connectivity index (χ4v) is 1.74. The molecule has 0 aromatic carbocycles. The van der Waals surface area contributed by atoms with Crippen molar-refractivity contribution in [2.24, 2.45) is 0 Å². The number of hydrogen-bond donors (Lipinski definition) is 0. The molecule has 76 valence electrons. The standard InChI is InChI=1S/C10H8N2O2S/c1-7(13)14-10-6-9(12-15-10)8-4-2-3-5-11-8/h2-6H,1H3. The molecule has 0 atom stereocenters. The van der Waals surface area contributed by atoms with Crippen LogP contribution in [0.2, 0.25) is 0 Å². The Morgan fingerprint density at radius 3 is 2.93 bits per heavy atom. The van der Waals surface area contributed by atoms with Crippen molar-refractivity contribution in [1.29, 1.82) is 0 Å². The molecule has 0 radical (unpaired) electrons. The maximum absolute atomic E-state index is 10.7. The molecular weight excluding hydrogens is 212 g/mol. The molecule has 4 nitrogen and oxygen atoms in total. The molecule has 15 heavy (non-hydrogen) atoms. The van der Waals surface area contributed by atoms with E-state index >= 15 is 0 Å². The van der Waals surface area contributed by atoms with E-state index in [2.05, 4.69) is 9.36 Å². The average Bonchev–Trinajstić information content (AvgIpc) is 2.67. The van der Waals surface area contributed by atoms with Gasteiger partial charge in [-0.25, -0.2) is 0 Å². The summed E-state index contributed by atoms with van der Waals surface area (Å²) in [5.41, 5.74) is 1.49. The minimum Gasteiger partial charge on any atom is -0.414 e. The van der Waals surface area contributed by atoms with E-state index in [-0.39, 0.29) is 5.97 Å². The van der Waals surface area contributed by atoms with Crippen molar-refractivity contribution in [2.75, 3.05) is 0 Å². The van der Waals surface area contributed by atoms with Gasteiger partial charge in [0.05, 0.1) is 5.69 Å². The summed E-state index contributed by atoms with van der Waals surface area (Å²) < 4.78 is 9.05. The van der Waals surface area contributed by atoms with Crippen LogP contribution in [-0.4, -0.2) is 15.3 Å². The van der Waals surface area contributed by atoms with Crippen molar-refractivity contribution in [3.05, 3.63) is 30.5 Å². The predicted molar refractivity (Wildman–Crippen MR) is 56.7 cm³/mol. The van der Waals surface area contributed by atoms with Crippen LogP contribution in [0.4, 0.5) is 0 Å². The summed E-state index contributed by atoms with van der Waals surface area (Å²) in [4.78, 5) is 14.8. The van der Waals surface area contributed by atoms with Gasteiger partial charge in [-0.2, -0.15) is 4.37 Å². The van der Waals surface area contributed by atoms with E-state index in [0.29, 0.717) is 5.06 Å². The van der Waals surface area contributed by atoms with Gasteiger partial charge < -0.3 is 4.74 Å². The number of aromatic nitrogens is 2. The fraction of sp³-hybridized carbons (Fsp3) is 0.100. The van der Waals surface area contributed by atoms with Gasteiger partial charge in [0.1, 0.15) is 5.69 Å². The van der Waals surface area contributed by atoms with Gasteiger partial charge in [0.2, 0.25) is 5.06 Å². The molecule has 2 rings (SSSR count). The first-order valence-electron chi connectivity index (χ1n) is 4.32. The third kappa shape index (κ3) is 2.38. The van der Waals surface area contributed by atoms with Crippen LogP contribution in [-0.2, 0) is 4.79 Å². The molecule has 0 aliphatic heterocycles. The maximum Gasteiger partial charge on any atom is 0.308 e. The molecule has 0 fully saturated rings. The molecule has 5 heteroatoms. The summed E-state index contributed by atoms with van der Waals surface area (Å²) >= 11 is 1.14. The zero-order chi connectivity index (χ0) is 10.7. The zero-order valence-electron chi connectivity index (χ0n) is 8.01. The lowest BCUT2D eigenvalue weighted by molar-refractivity contribution is -0.131. The molecule has 2 aromatic heterocycles. The lowest BCUT2D eigenvalue weighted by atomic mass is 10.3. The summed E-state index contributed by atoms with van der Waals surface area (Å²) in [5.74, 6) is -0.341. The van der Waals surface area contributed by atoms with E-state index in [9.17, 15) is 4.79 Å². The van der Waals surface area contributed by atoms with E-state index in [1.54, 1.807) is 12.3 Å². The Morgan fingerprint density at radius 2 is 2.27 bits per heavy atom. The lowest BCUT2D eigenvalue weighted by Gasteiger charge is -1.93. The number of carbonyl (C=O) groups is 1. The number of carbonyl (C=O) groups excluding carboxylic acids is 1. The molecule has 0 N–H and O–H groups in total. The van der Waals surface area contributed by atoms with Crippen LogP contribution in [0.5, 0.6) is 5.06 Å². The first kappa shape index (κ1) is 9.79. The molecule has 0 amide bonds. The highest BCUT2D eigenvalue weighted by molar-refractivity contribution is 7.08. The van der Waals surface area contributed by atoms with Crippen LogP contribution >= 0.6 is 11.5 Å². The van der Waals surface area contributed by atoms with Gasteiger partial charge in [0, 0.05) is 30.7 Å². The quantitative estimate of drug-likeness (QED) is 0.727. The lowest BCUT2D eigenvalue weighted by Crippen LogP contribution is -1.99. The summed E-state index contributed by atoms with van der Waals surface area (Å²) in [5, 5.41) is 0.489. The molecule has 0 saturated heterocycles. The average molecular weight is 220 g/mol. The second-order valence-corrected chi connectivity index (χ2v) is 3.61. The van der Waals surface area contributed by atoms with Crippen molar-refractivity contribution in [1.82, 2.24) is 9.36 Å². The van der Waals surface area contributed by atoms with Gasteiger partial charge >= 0.3 is 5.97 Å². The van der Waals surface area contributed by atoms with Crippen molar-refractivity contribution < 1.29 is 9.53 Å². The van der Waals surface area contributed by atoms with Crippen LogP contribution in [0.15, 0.2) is 30.5 Å². The monoisotopic (exact) mass is 220 g/mol. The number of hydrogen-bond acceptors (Lipinski definition) is 5. The van der Waals surface area contributed by atoms with Crippen LogP contribution in [0.25, 0.3) is 11.4 Å². The highest BCUT2D eigenvalue weighted by Gasteiger charge is 2.07. The Kier molecular flexibility index (Phi) is 2.73. The molecular formula is C10H8N2O2S. The summed E-state index contributed by atoms with van der Waals surface area (Å²) in [6.45, 7) is 1.36. The van der Waals surface area contributed by atoms with E-state index in [1.807, 2.05) is 18.2 Å². The topological polar surface area (TPSA) is 52.1 Å². The molecule has 0 aliphatic carbocycles. The summed E-state index contributed by atoms with van der Waals surface area (Å²) in [6.07, 6.45) is 1.69. The predicted octanol–water partition coefficient (Wildman–Crippen LogP) is 2.13. The normalized spacial score (nSPS) is 9.93. The number of nitrogens with zero attached hydrogens (tertiary/aromatic N) is 2. The van der Waals surface area contributed by atoms with Crippen molar-refractivity contribution in [3.63, 3.8) is 0 Å². The Bertz CT molecular complexity index is 467. The van der Waals surface area contributed by atoms with Crippen LogP contribution < -0.4 is 4.74 Å². The van der Waals surface area contributed by atoms with Crippen molar-refractivity contribution >= 4 is 17.5 Å². The van der Waals surface area contributed by atoms with Gasteiger partial charge in [-0.15, -0.1) is 0 Å². The second-order valence-electron chi connectivity index (χ2n) is 2.84.